The highest BCUT2D eigenvalue weighted by Gasteiger charge is 2.36. The molecule has 0 bridgehead atoms. The van der Waals surface area contributed by atoms with Gasteiger partial charge in [-0.2, -0.15) is 10.1 Å². The van der Waals surface area contributed by atoms with E-state index < -0.39 is 0 Å². The fourth-order valence-corrected chi connectivity index (χ4v) is 3.64. The van der Waals surface area contributed by atoms with Crippen molar-refractivity contribution in [3.63, 3.8) is 0 Å². The summed E-state index contributed by atoms with van der Waals surface area (Å²) in [6, 6.07) is 8.35. The number of aryl methyl sites for hydroxylation is 1. The monoisotopic (exact) mass is 382 g/mol. The van der Waals surface area contributed by atoms with Gasteiger partial charge in [-0.1, -0.05) is 6.07 Å². The lowest BCUT2D eigenvalue weighted by Gasteiger charge is -2.33. The molecule has 28 heavy (non-hydrogen) atoms. The highest BCUT2D eigenvalue weighted by Crippen LogP contribution is 2.35. The smallest absolute Gasteiger partial charge is 0.249 e. The predicted molar refractivity (Wildman–Crippen MR) is 105 cm³/mol. The molecule has 0 spiro atoms. The highest BCUT2D eigenvalue weighted by molar-refractivity contribution is 6.11. The van der Waals surface area contributed by atoms with Crippen molar-refractivity contribution in [2.75, 3.05) is 32.3 Å². The van der Waals surface area contributed by atoms with Crippen molar-refractivity contribution in [2.45, 2.75) is 19.3 Å². The van der Waals surface area contributed by atoms with E-state index in [0.29, 0.717) is 24.6 Å². The molecule has 0 saturated heterocycles. The topological polar surface area (TPSA) is 58.0 Å². The molecule has 0 fully saturated rings. The normalized spacial score (nSPS) is 18.6. The third kappa shape index (κ3) is 3.62. The van der Waals surface area contributed by atoms with Gasteiger partial charge in [-0.3, -0.25) is 4.79 Å². The van der Waals surface area contributed by atoms with Crippen LogP contribution in [0, 0.1) is 11.7 Å². The molecule has 4 rings (SSSR count). The zero-order valence-electron chi connectivity index (χ0n) is 16.1. The van der Waals surface area contributed by atoms with E-state index in [-0.39, 0.29) is 17.6 Å². The van der Waals surface area contributed by atoms with Gasteiger partial charge >= 0.3 is 0 Å². The number of nitrogens with zero attached hydrogens (tertiary/aromatic N) is 4. The first-order valence-electron chi connectivity index (χ1n) is 9.45. The minimum Gasteiger partial charge on any atom is -0.488 e. The minimum atomic E-state index is -0.295. The molecule has 1 amide bonds. The first-order chi connectivity index (χ1) is 13.5. The number of carbonyl (C=O) groups is 1. The van der Waals surface area contributed by atoms with Gasteiger partial charge in [0.2, 0.25) is 5.91 Å². The van der Waals surface area contributed by atoms with Crippen LogP contribution >= 0.6 is 0 Å². The van der Waals surface area contributed by atoms with Crippen LogP contribution in [0.4, 0.5) is 10.2 Å². The Kier molecular flexibility index (Phi) is 5.09. The summed E-state index contributed by atoms with van der Waals surface area (Å²) in [6.45, 7) is 1.21. The van der Waals surface area contributed by atoms with E-state index >= 15 is 0 Å². The standard InChI is InChI=1S/C21H23FN4O2/c1-25(2)10-11-28-18-4-3-9-23-21(18)26-19(27)12-15-6-5-14-7-8-16(22)13-17(14)20(15)24-26/h3-4,7-9,13,15H,5-6,10-12H2,1-2H3. The summed E-state index contributed by atoms with van der Waals surface area (Å²) in [7, 11) is 3.93. The van der Waals surface area contributed by atoms with Crippen LogP contribution in [-0.2, 0) is 11.2 Å². The Bertz CT molecular complexity index is 928. The minimum absolute atomic E-state index is 0.0138. The van der Waals surface area contributed by atoms with Crippen LogP contribution < -0.4 is 9.75 Å². The number of pyridine rings is 1. The lowest BCUT2D eigenvalue weighted by atomic mass is 9.79. The van der Waals surface area contributed by atoms with Crippen LogP contribution in [0.5, 0.6) is 5.75 Å². The SMILES string of the molecule is CN(C)CCOc1cccnc1N1N=C2c3cc(F)ccc3CCC2CC1=O. The average Bonchev–Trinajstić information content (AvgIpc) is 2.67. The molecule has 2 heterocycles. The Morgan fingerprint density at radius 3 is 3.00 bits per heavy atom. The molecule has 1 atom stereocenters. The molecular weight excluding hydrogens is 359 g/mol. The average molecular weight is 382 g/mol. The lowest BCUT2D eigenvalue weighted by molar-refractivity contribution is -0.119. The Labute approximate surface area is 163 Å². The number of anilines is 1. The number of likely N-dealkylation sites (N-methyl/N-ethyl adjacent to an activating group) is 1. The fraction of sp³-hybridized carbons (Fsp3) is 0.381. The van der Waals surface area contributed by atoms with Crippen molar-refractivity contribution >= 4 is 17.4 Å². The second kappa shape index (κ2) is 7.67. The van der Waals surface area contributed by atoms with Gasteiger partial charge in [0.1, 0.15) is 12.4 Å². The fourth-order valence-electron chi connectivity index (χ4n) is 3.64. The van der Waals surface area contributed by atoms with E-state index in [4.69, 9.17) is 4.74 Å². The van der Waals surface area contributed by atoms with Crippen LogP contribution in [0.25, 0.3) is 0 Å². The Hall–Kier alpha value is -2.80. The summed E-state index contributed by atoms with van der Waals surface area (Å²) in [6.07, 6.45) is 3.62. The third-order valence-corrected chi connectivity index (χ3v) is 5.11. The molecule has 1 aliphatic carbocycles. The number of benzene rings is 1. The molecule has 1 aliphatic heterocycles. The van der Waals surface area contributed by atoms with Crippen LogP contribution in [0.3, 0.4) is 0 Å². The number of rotatable bonds is 5. The summed E-state index contributed by atoms with van der Waals surface area (Å²) in [5, 5.41) is 5.94. The molecule has 0 N–H and O–H groups in total. The van der Waals surface area contributed by atoms with E-state index in [1.807, 2.05) is 19.0 Å². The number of hydrogen-bond acceptors (Lipinski definition) is 5. The molecule has 0 saturated carbocycles. The Morgan fingerprint density at radius 2 is 2.18 bits per heavy atom. The van der Waals surface area contributed by atoms with Crippen molar-refractivity contribution in [1.29, 1.82) is 0 Å². The van der Waals surface area contributed by atoms with E-state index in [2.05, 4.69) is 10.1 Å². The van der Waals surface area contributed by atoms with E-state index in [1.165, 1.54) is 17.1 Å². The molecule has 7 heteroatoms. The van der Waals surface area contributed by atoms with Gasteiger partial charge < -0.3 is 9.64 Å². The molecule has 146 valence electrons. The Balaban J connectivity index is 1.70. The summed E-state index contributed by atoms with van der Waals surface area (Å²) in [5.41, 5.74) is 2.61. The van der Waals surface area contributed by atoms with Gasteiger partial charge in [-0.25, -0.2) is 9.37 Å². The van der Waals surface area contributed by atoms with Gasteiger partial charge in [-0.05, 0) is 56.8 Å². The molecular formula is C21H23FN4O2. The van der Waals surface area contributed by atoms with Gasteiger partial charge in [0.15, 0.2) is 11.6 Å². The lowest BCUT2D eigenvalue weighted by Crippen LogP contribution is -2.40. The van der Waals surface area contributed by atoms with Crippen molar-refractivity contribution in [3.8, 4) is 5.75 Å². The third-order valence-electron chi connectivity index (χ3n) is 5.11. The van der Waals surface area contributed by atoms with Gasteiger partial charge in [0.25, 0.3) is 0 Å². The maximum atomic E-state index is 13.8. The second-order valence-electron chi connectivity index (χ2n) is 7.41. The summed E-state index contributed by atoms with van der Waals surface area (Å²) in [5.74, 6) is 0.484. The molecule has 0 radical (unpaired) electrons. The summed E-state index contributed by atoms with van der Waals surface area (Å²) in [4.78, 5) is 19.2. The first kappa shape index (κ1) is 18.6. The van der Waals surface area contributed by atoms with Crippen molar-refractivity contribution < 1.29 is 13.9 Å². The maximum Gasteiger partial charge on any atom is 0.249 e. The van der Waals surface area contributed by atoms with Crippen molar-refractivity contribution in [3.05, 3.63) is 53.5 Å². The number of carbonyl (C=O) groups excluding carboxylic acids is 1. The number of halogens is 1. The maximum absolute atomic E-state index is 13.8. The zero-order chi connectivity index (χ0) is 19.7. The number of hydrogen-bond donors (Lipinski definition) is 0. The predicted octanol–water partition coefficient (Wildman–Crippen LogP) is 2.86. The van der Waals surface area contributed by atoms with Crippen LogP contribution in [0.2, 0.25) is 0 Å². The molecule has 1 aromatic carbocycles. The van der Waals surface area contributed by atoms with E-state index in [9.17, 15) is 9.18 Å². The van der Waals surface area contributed by atoms with E-state index in [1.54, 1.807) is 24.4 Å². The number of ether oxygens (including phenoxy) is 1. The molecule has 1 aromatic heterocycles. The number of fused-ring (bicyclic) bond motifs is 3. The quantitative estimate of drug-likeness (QED) is 0.798. The summed E-state index contributed by atoms with van der Waals surface area (Å²) >= 11 is 0. The van der Waals surface area contributed by atoms with Crippen molar-refractivity contribution in [2.24, 2.45) is 11.0 Å². The van der Waals surface area contributed by atoms with Crippen LogP contribution in [-0.4, -0.2) is 48.7 Å². The van der Waals surface area contributed by atoms with Crippen LogP contribution in [0.1, 0.15) is 24.0 Å². The highest BCUT2D eigenvalue weighted by atomic mass is 19.1. The van der Waals surface area contributed by atoms with Gasteiger partial charge in [0.05, 0.1) is 5.71 Å². The van der Waals surface area contributed by atoms with Crippen LogP contribution in [0.15, 0.2) is 41.6 Å². The summed E-state index contributed by atoms with van der Waals surface area (Å²) < 4.78 is 19.7. The zero-order valence-corrected chi connectivity index (χ0v) is 16.1. The largest absolute Gasteiger partial charge is 0.488 e. The van der Waals surface area contributed by atoms with Crippen molar-refractivity contribution in [1.82, 2.24) is 9.88 Å². The van der Waals surface area contributed by atoms with Gasteiger partial charge in [0, 0.05) is 30.6 Å². The first-order valence-corrected chi connectivity index (χ1v) is 9.45. The molecule has 2 aliphatic rings. The number of amides is 1. The number of aromatic nitrogens is 1. The number of hydrazone groups is 1. The molecule has 1 unspecified atom stereocenters. The molecule has 6 nitrogen and oxygen atoms in total. The second-order valence-corrected chi connectivity index (χ2v) is 7.41. The van der Waals surface area contributed by atoms with Gasteiger partial charge in [-0.15, -0.1) is 0 Å². The molecule has 2 aromatic rings. The Morgan fingerprint density at radius 1 is 1.32 bits per heavy atom. The van der Waals surface area contributed by atoms with E-state index in [0.717, 1.165) is 36.2 Å².